The molecule has 0 spiro atoms. The van der Waals surface area contributed by atoms with Gasteiger partial charge in [0.2, 0.25) is 5.88 Å². The van der Waals surface area contributed by atoms with Crippen LogP contribution in [0.5, 0.6) is 5.88 Å². The number of nitrogens with zero attached hydrogens (tertiary/aromatic N) is 1. The average Bonchev–Trinajstić information content (AvgIpc) is 2.29. The normalized spacial score (nSPS) is 26.5. The van der Waals surface area contributed by atoms with E-state index in [1.807, 2.05) is 19.1 Å². The molecule has 17 heavy (non-hydrogen) atoms. The highest BCUT2D eigenvalue weighted by Crippen LogP contribution is 2.27. The van der Waals surface area contributed by atoms with Crippen LogP contribution < -0.4 is 10.5 Å². The topological polar surface area (TPSA) is 48.1 Å². The van der Waals surface area contributed by atoms with E-state index in [1.165, 1.54) is 12.8 Å². The van der Waals surface area contributed by atoms with Crippen molar-refractivity contribution in [2.45, 2.75) is 51.7 Å². The second kappa shape index (κ2) is 5.50. The predicted molar refractivity (Wildman–Crippen MR) is 68.9 cm³/mol. The van der Waals surface area contributed by atoms with Crippen LogP contribution >= 0.6 is 0 Å². The van der Waals surface area contributed by atoms with Gasteiger partial charge in [0.25, 0.3) is 0 Å². The summed E-state index contributed by atoms with van der Waals surface area (Å²) in [4.78, 5) is 4.26. The van der Waals surface area contributed by atoms with Gasteiger partial charge in [-0.2, -0.15) is 0 Å². The standard InChI is InChI=1S/C14H22N2O/c1-10-4-3-5-13(8-10)17-14-9-12(11(2)15)6-7-16-14/h6-7,9-11,13H,3-5,8,15H2,1-2H3/t10?,11-,13?/m0/s1. The number of pyridine rings is 1. The lowest BCUT2D eigenvalue weighted by Crippen LogP contribution is -2.24. The van der Waals surface area contributed by atoms with Gasteiger partial charge in [-0.15, -0.1) is 0 Å². The maximum absolute atomic E-state index is 5.95. The first-order valence-electron chi connectivity index (χ1n) is 6.53. The van der Waals surface area contributed by atoms with Crippen LogP contribution in [0.15, 0.2) is 18.3 Å². The van der Waals surface area contributed by atoms with Gasteiger partial charge in [-0.05, 0) is 43.7 Å². The summed E-state index contributed by atoms with van der Waals surface area (Å²) in [6, 6.07) is 3.94. The molecule has 1 fully saturated rings. The SMILES string of the molecule is CC1CCCC(Oc2cc([C@H](C)N)ccn2)C1. The summed E-state index contributed by atoms with van der Waals surface area (Å²) in [5, 5.41) is 0. The van der Waals surface area contributed by atoms with Crippen LogP contribution in [0.4, 0.5) is 0 Å². The number of aromatic nitrogens is 1. The Morgan fingerprint density at radius 1 is 1.47 bits per heavy atom. The van der Waals surface area contributed by atoms with Crippen LogP contribution in [0.2, 0.25) is 0 Å². The Morgan fingerprint density at radius 2 is 2.29 bits per heavy atom. The minimum absolute atomic E-state index is 0.0330. The van der Waals surface area contributed by atoms with Crippen LogP contribution in [0.25, 0.3) is 0 Å². The summed E-state index contributed by atoms with van der Waals surface area (Å²) in [7, 11) is 0. The Bertz CT molecular complexity index is 365. The van der Waals surface area contributed by atoms with Crippen LogP contribution in [0, 0.1) is 5.92 Å². The number of hydrogen-bond donors (Lipinski definition) is 1. The number of ether oxygens (including phenoxy) is 1. The largest absolute Gasteiger partial charge is 0.474 e. The highest BCUT2D eigenvalue weighted by atomic mass is 16.5. The van der Waals surface area contributed by atoms with E-state index < -0.39 is 0 Å². The molecule has 0 bridgehead atoms. The molecule has 0 amide bonds. The van der Waals surface area contributed by atoms with Gasteiger partial charge in [-0.25, -0.2) is 4.98 Å². The molecule has 2 unspecified atom stereocenters. The molecule has 3 heteroatoms. The zero-order valence-corrected chi connectivity index (χ0v) is 10.7. The summed E-state index contributed by atoms with van der Waals surface area (Å²) >= 11 is 0. The molecule has 94 valence electrons. The Labute approximate surface area is 103 Å². The summed E-state index contributed by atoms with van der Waals surface area (Å²) in [6.45, 7) is 4.27. The Balaban J connectivity index is 2.00. The number of nitrogens with two attached hydrogens (primary N) is 1. The van der Waals surface area contributed by atoms with Gasteiger partial charge < -0.3 is 10.5 Å². The summed E-state index contributed by atoms with van der Waals surface area (Å²) < 4.78 is 5.95. The fourth-order valence-electron chi connectivity index (χ4n) is 2.43. The van der Waals surface area contributed by atoms with E-state index in [-0.39, 0.29) is 6.04 Å². The molecule has 1 aliphatic rings. The molecule has 1 heterocycles. The summed E-state index contributed by atoms with van der Waals surface area (Å²) in [6.07, 6.45) is 6.99. The van der Waals surface area contributed by atoms with E-state index in [9.17, 15) is 0 Å². The minimum atomic E-state index is 0.0330. The monoisotopic (exact) mass is 234 g/mol. The van der Waals surface area contributed by atoms with Gasteiger partial charge in [-0.1, -0.05) is 13.3 Å². The molecule has 1 aromatic rings. The van der Waals surface area contributed by atoms with E-state index in [4.69, 9.17) is 10.5 Å². The smallest absolute Gasteiger partial charge is 0.213 e. The van der Waals surface area contributed by atoms with Crippen molar-refractivity contribution in [3.8, 4) is 5.88 Å². The first-order valence-corrected chi connectivity index (χ1v) is 6.53. The van der Waals surface area contributed by atoms with E-state index >= 15 is 0 Å². The van der Waals surface area contributed by atoms with E-state index in [2.05, 4.69) is 11.9 Å². The molecular weight excluding hydrogens is 212 g/mol. The Hall–Kier alpha value is -1.09. The van der Waals surface area contributed by atoms with Crippen LogP contribution in [0.1, 0.15) is 51.1 Å². The molecule has 2 rings (SSSR count). The maximum Gasteiger partial charge on any atom is 0.213 e. The van der Waals surface area contributed by atoms with Crippen LogP contribution in [-0.2, 0) is 0 Å². The zero-order chi connectivity index (χ0) is 12.3. The third-order valence-corrected chi connectivity index (χ3v) is 3.46. The third kappa shape index (κ3) is 3.43. The van der Waals surface area contributed by atoms with Crippen molar-refractivity contribution in [1.29, 1.82) is 0 Å². The van der Waals surface area contributed by atoms with Gasteiger partial charge in [0.15, 0.2) is 0 Å². The molecule has 0 aliphatic heterocycles. The molecule has 3 nitrogen and oxygen atoms in total. The van der Waals surface area contributed by atoms with Crippen molar-refractivity contribution < 1.29 is 4.74 Å². The zero-order valence-electron chi connectivity index (χ0n) is 10.7. The van der Waals surface area contributed by atoms with E-state index in [0.29, 0.717) is 6.10 Å². The second-order valence-corrected chi connectivity index (χ2v) is 5.23. The molecule has 0 saturated heterocycles. The van der Waals surface area contributed by atoms with E-state index in [0.717, 1.165) is 30.2 Å². The third-order valence-electron chi connectivity index (χ3n) is 3.46. The lowest BCUT2D eigenvalue weighted by atomic mass is 9.89. The minimum Gasteiger partial charge on any atom is -0.474 e. The van der Waals surface area contributed by atoms with Crippen molar-refractivity contribution in [2.24, 2.45) is 11.7 Å². The maximum atomic E-state index is 5.95. The van der Waals surface area contributed by atoms with Crippen molar-refractivity contribution in [1.82, 2.24) is 4.98 Å². The Kier molecular flexibility index (Phi) is 4.00. The molecule has 2 N–H and O–H groups in total. The lowest BCUT2D eigenvalue weighted by Gasteiger charge is -2.27. The summed E-state index contributed by atoms with van der Waals surface area (Å²) in [5.74, 6) is 1.49. The lowest BCUT2D eigenvalue weighted by molar-refractivity contribution is 0.124. The fourth-order valence-corrected chi connectivity index (χ4v) is 2.43. The van der Waals surface area contributed by atoms with Crippen LogP contribution in [-0.4, -0.2) is 11.1 Å². The van der Waals surface area contributed by atoms with Gasteiger partial charge >= 0.3 is 0 Å². The first-order chi connectivity index (χ1) is 8.15. The highest BCUT2D eigenvalue weighted by molar-refractivity contribution is 5.23. The quantitative estimate of drug-likeness (QED) is 0.874. The van der Waals surface area contributed by atoms with Crippen molar-refractivity contribution in [3.05, 3.63) is 23.9 Å². The first kappa shape index (κ1) is 12.4. The van der Waals surface area contributed by atoms with Crippen molar-refractivity contribution in [2.75, 3.05) is 0 Å². The molecule has 3 atom stereocenters. The average molecular weight is 234 g/mol. The Morgan fingerprint density at radius 3 is 3.00 bits per heavy atom. The van der Waals surface area contributed by atoms with E-state index in [1.54, 1.807) is 6.20 Å². The predicted octanol–water partition coefficient (Wildman–Crippen LogP) is 3.06. The number of hydrogen-bond acceptors (Lipinski definition) is 3. The van der Waals surface area contributed by atoms with Crippen LogP contribution in [0.3, 0.4) is 0 Å². The van der Waals surface area contributed by atoms with Gasteiger partial charge in [0, 0.05) is 18.3 Å². The molecule has 0 aromatic carbocycles. The molecule has 0 radical (unpaired) electrons. The molecule has 1 aliphatic carbocycles. The molecule has 1 aromatic heterocycles. The van der Waals surface area contributed by atoms with Gasteiger partial charge in [0.05, 0.1) is 0 Å². The number of rotatable bonds is 3. The second-order valence-electron chi connectivity index (χ2n) is 5.23. The highest BCUT2D eigenvalue weighted by Gasteiger charge is 2.20. The molecule has 1 saturated carbocycles. The van der Waals surface area contributed by atoms with Crippen molar-refractivity contribution in [3.63, 3.8) is 0 Å². The molecular formula is C14H22N2O. The summed E-state index contributed by atoms with van der Waals surface area (Å²) in [5.41, 5.74) is 6.94. The van der Waals surface area contributed by atoms with Gasteiger partial charge in [-0.3, -0.25) is 0 Å². The van der Waals surface area contributed by atoms with Crippen molar-refractivity contribution >= 4 is 0 Å². The van der Waals surface area contributed by atoms with Gasteiger partial charge in [0.1, 0.15) is 6.10 Å². The fraction of sp³-hybridized carbons (Fsp3) is 0.643.